The van der Waals surface area contributed by atoms with Crippen molar-refractivity contribution in [1.82, 2.24) is 10.0 Å². The van der Waals surface area contributed by atoms with Crippen LogP contribution in [0.25, 0.3) is 0 Å². The molecule has 20 heavy (non-hydrogen) atoms. The zero-order valence-corrected chi connectivity index (χ0v) is 11.0. The molecule has 2 heterocycles. The quantitative estimate of drug-likeness (QED) is 0.790. The molecule has 1 unspecified atom stereocenters. The van der Waals surface area contributed by atoms with E-state index in [1.807, 2.05) is 18.9 Å². The van der Waals surface area contributed by atoms with Gasteiger partial charge in [0.1, 0.15) is 0 Å². The average Bonchev–Trinajstić information content (AvgIpc) is 2.83. The summed E-state index contributed by atoms with van der Waals surface area (Å²) in [5.41, 5.74) is 0.254. The van der Waals surface area contributed by atoms with E-state index in [-0.39, 0.29) is 19.4 Å². The molecule has 2 fully saturated rings. The van der Waals surface area contributed by atoms with Crippen LogP contribution in [0.1, 0.15) is 39.3 Å². The van der Waals surface area contributed by atoms with E-state index >= 15 is 0 Å². The van der Waals surface area contributed by atoms with Crippen molar-refractivity contribution in [2.75, 3.05) is 13.1 Å². The summed E-state index contributed by atoms with van der Waals surface area (Å²) in [7, 11) is 0. The third kappa shape index (κ3) is 2.10. The van der Waals surface area contributed by atoms with Crippen molar-refractivity contribution in [3.05, 3.63) is 35.4 Å². The molecule has 1 aromatic rings. The molecule has 3 nitrogen and oxygen atoms in total. The Morgan fingerprint density at radius 2 is 1.95 bits per heavy atom. The molecule has 0 N–H and O–H groups in total. The molecule has 0 saturated carbocycles. The van der Waals surface area contributed by atoms with Crippen LogP contribution in [0.2, 0.25) is 0 Å². The third-order valence-electron chi connectivity index (χ3n) is 3.95. The molecular weight excluding hydrogens is 262 g/mol. The molecule has 110 valence electrons. The Morgan fingerprint density at radius 3 is 2.60 bits per heavy atom. The van der Waals surface area contributed by atoms with Gasteiger partial charge in [-0.3, -0.25) is 9.80 Å². The predicted octanol–water partition coefficient (Wildman–Crippen LogP) is 3.13. The van der Waals surface area contributed by atoms with E-state index in [1.54, 1.807) is 11.1 Å². The van der Waals surface area contributed by atoms with Gasteiger partial charge in [-0.2, -0.15) is 0 Å². The van der Waals surface area contributed by atoms with Gasteiger partial charge < -0.3 is 0 Å². The summed E-state index contributed by atoms with van der Waals surface area (Å²) >= 11 is 0. The van der Waals surface area contributed by atoms with Crippen molar-refractivity contribution in [2.45, 2.75) is 33.7 Å². The van der Waals surface area contributed by atoms with Crippen LogP contribution < -0.4 is 0 Å². The highest BCUT2D eigenvalue weighted by Gasteiger charge is 2.50. The summed E-state index contributed by atoms with van der Waals surface area (Å²) in [5.74, 6) is -1.66. The van der Waals surface area contributed by atoms with Gasteiger partial charge in [-0.05, 0) is 38.0 Å². The van der Waals surface area contributed by atoms with E-state index in [2.05, 4.69) is 0 Å². The Hall–Kier alpha value is -1.49. The molecule has 0 aliphatic carbocycles. The van der Waals surface area contributed by atoms with Crippen LogP contribution in [0.3, 0.4) is 0 Å². The second kappa shape index (κ2) is 4.81. The molecule has 0 spiro atoms. The topological polar surface area (TPSA) is 23.6 Å². The summed E-state index contributed by atoms with van der Waals surface area (Å²) in [6, 6.07) is 3.70. The van der Waals surface area contributed by atoms with Gasteiger partial charge in [-0.1, -0.05) is 13.5 Å². The van der Waals surface area contributed by atoms with Gasteiger partial charge in [0.25, 0.3) is 0 Å². The molecule has 2 aliphatic rings. The van der Waals surface area contributed by atoms with Crippen molar-refractivity contribution in [1.29, 1.82) is 0 Å². The van der Waals surface area contributed by atoms with E-state index in [0.717, 1.165) is 19.0 Å². The highest BCUT2D eigenvalue weighted by Crippen LogP contribution is 2.42. The van der Waals surface area contributed by atoms with Gasteiger partial charge in [0, 0.05) is 13.1 Å². The highest BCUT2D eigenvalue weighted by molar-refractivity contribution is 5.84. The number of hydrazine groups is 1. The van der Waals surface area contributed by atoms with E-state index in [0.29, 0.717) is 12.1 Å². The maximum atomic E-state index is 13.3. The number of nitrogens with zero attached hydrogens (tertiary/aromatic N) is 2. The first kappa shape index (κ1) is 14.9. The molecule has 2 aliphatic heterocycles. The monoisotopic (exact) mass is 282 g/mol. The van der Waals surface area contributed by atoms with Crippen molar-refractivity contribution in [3.8, 4) is 0 Å². The van der Waals surface area contributed by atoms with Gasteiger partial charge in [-0.25, -0.2) is 13.8 Å². The number of fused-ring (bicyclic) bond motifs is 1. The minimum atomic E-state index is -0.859. The normalized spacial score (nSPS) is 24.7. The largest absolute Gasteiger partial charge is 0.273 e. The Balaban J connectivity index is 0.00000147. The first-order valence-corrected chi connectivity index (χ1v) is 6.43. The Labute approximate surface area is 118 Å². The van der Waals surface area contributed by atoms with Crippen LogP contribution in [-0.2, 0) is 4.79 Å². The van der Waals surface area contributed by atoms with Crippen LogP contribution in [0.15, 0.2) is 18.2 Å². The lowest BCUT2D eigenvalue weighted by Crippen LogP contribution is -2.35. The molecule has 1 amide bonds. The SMILES string of the molecule is C.CC1(C)CN2CCC(c3ccc(F)c(F)c3)N2C1=O. The predicted molar refractivity (Wildman–Crippen MR) is 72.6 cm³/mol. The van der Waals surface area contributed by atoms with E-state index in [4.69, 9.17) is 0 Å². The summed E-state index contributed by atoms with van der Waals surface area (Å²) in [6.45, 7) is 5.29. The molecule has 5 heteroatoms. The number of carbonyl (C=O) groups is 1. The first-order valence-electron chi connectivity index (χ1n) is 6.43. The van der Waals surface area contributed by atoms with Crippen LogP contribution in [-0.4, -0.2) is 29.0 Å². The summed E-state index contributed by atoms with van der Waals surface area (Å²) < 4.78 is 26.3. The fourth-order valence-electron chi connectivity index (χ4n) is 2.99. The van der Waals surface area contributed by atoms with Crippen molar-refractivity contribution in [2.24, 2.45) is 5.41 Å². The Morgan fingerprint density at radius 1 is 1.25 bits per heavy atom. The molecule has 3 rings (SSSR count). The van der Waals surface area contributed by atoms with Crippen LogP contribution in [0.4, 0.5) is 8.78 Å². The number of hydrogen-bond donors (Lipinski definition) is 0. The smallest absolute Gasteiger partial charge is 0.244 e. The second-order valence-corrected chi connectivity index (χ2v) is 5.90. The van der Waals surface area contributed by atoms with Gasteiger partial charge in [0.15, 0.2) is 11.6 Å². The minimum absolute atomic E-state index is 0. The Kier molecular flexibility index (Phi) is 3.58. The molecular formula is C15H20F2N2O. The number of hydrogen-bond acceptors (Lipinski definition) is 2. The summed E-state index contributed by atoms with van der Waals surface area (Å²) in [5, 5.41) is 3.72. The molecule has 1 aromatic carbocycles. The van der Waals surface area contributed by atoms with Gasteiger partial charge in [0.05, 0.1) is 11.5 Å². The first-order chi connectivity index (χ1) is 8.90. The molecule has 2 saturated heterocycles. The van der Waals surface area contributed by atoms with E-state index in [9.17, 15) is 13.6 Å². The molecule has 1 atom stereocenters. The maximum Gasteiger partial charge on any atom is 0.244 e. The van der Waals surface area contributed by atoms with Crippen molar-refractivity contribution >= 4 is 5.91 Å². The lowest BCUT2D eigenvalue weighted by atomic mass is 9.92. The van der Waals surface area contributed by atoms with Gasteiger partial charge in [-0.15, -0.1) is 0 Å². The van der Waals surface area contributed by atoms with Gasteiger partial charge >= 0.3 is 0 Å². The Bertz CT molecular complexity index is 545. The number of benzene rings is 1. The molecule has 0 bridgehead atoms. The second-order valence-electron chi connectivity index (χ2n) is 5.90. The van der Waals surface area contributed by atoms with Crippen LogP contribution >= 0.6 is 0 Å². The van der Waals surface area contributed by atoms with Crippen LogP contribution in [0.5, 0.6) is 0 Å². The zero-order chi connectivity index (χ0) is 13.8. The minimum Gasteiger partial charge on any atom is -0.273 e. The van der Waals surface area contributed by atoms with E-state index < -0.39 is 17.0 Å². The average molecular weight is 282 g/mol. The number of carbonyl (C=O) groups excluding carboxylic acids is 1. The lowest BCUT2D eigenvalue weighted by Gasteiger charge is -2.26. The number of rotatable bonds is 1. The number of amides is 1. The summed E-state index contributed by atoms with van der Waals surface area (Å²) in [6.07, 6.45) is 0.757. The van der Waals surface area contributed by atoms with Crippen LogP contribution in [0, 0.1) is 17.0 Å². The maximum absolute atomic E-state index is 13.3. The fraction of sp³-hybridized carbons (Fsp3) is 0.533. The van der Waals surface area contributed by atoms with Crippen molar-refractivity contribution in [3.63, 3.8) is 0 Å². The summed E-state index contributed by atoms with van der Waals surface area (Å²) in [4.78, 5) is 12.4. The fourth-order valence-corrected chi connectivity index (χ4v) is 2.99. The van der Waals surface area contributed by atoms with Crippen molar-refractivity contribution < 1.29 is 13.6 Å². The number of halogens is 2. The molecule has 0 aromatic heterocycles. The van der Waals surface area contributed by atoms with E-state index in [1.165, 1.54) is 6.07 Å². The standard InChI is InChI=1S/C14H16F2N2O.CH4/c1-14(2)8-17-6-5-12(18(17)13(14)19)9-3-4-10(15)11(16)7-9;/h3-4,7,12H,5-6,8H2,1-2H3;1H4. The van der Waals surface area contributed by atoms with Gasteiger partial charge in [0.2, 0.25) is 5.91 Å². The molecule has 0 radical (unpaired) electrons. The zero-order valence-electron chi connectivity index (χ0n) is 11.0. The highest BCUT2D eigenvalue weighted by atomic mass is 19.2. The third-order valence-corrected chi connectivity index (χ3v) is 3.95. The lowest BCUT2D eigenvalue weighted by molar-refractivity contribution is -0.142.